The second-order valence-electron chi connectivity index (χ2n) is 4.83. The fourth-order valence-corrected chi connectivity index (χ4v) is 2.26. The molecular formula is C12H21N3O5. The van der Waals surface area contributed by atoms with Crippen molar-refractivity contribution in [2.75, 3.05) is 46.1 Å². The molecule has 20 heavy (non-hydrogen) atoms. The normalized spacial score (nSPS) is 27.1. The van der Waals surface area contributed by atoms with Crippen LogP contribution < -0.4 is 11.1 Å². The molecule has 0 saturated carbocycles. The van der Waals surface area contributed by atoms with Gasteiger partial charge in [0, 0.05) is 19.7 Å². The third-order valence-corrected chi connectivity index (χ3v) is 3.34. The topological polar surface area (TPSA) is 103 Å². The number of rotatable bonds is 4. The van der Waals surface area contributed by atoms with Gasteiger partial charge in [0.05, 0.1) is 32.0 Å². The zero-order valence-electron chi connectivity index (χ0n) is 11.4. The molecule has 2 saturated heterocycles. The second kappa shape index (κ2) is 7.41. The Hall–Kier alpha value is -1.38. The number of hydrogen-bond acceptors (Lipinski definition) is 5. The van der Waals surface area contributed by atoms with Crippen LogP contribution in [-0.4, -0.2) is 75.1 Å². The SMILES string of the molecule is NC(=O)CO[C@H]1CCOC[C@H]1NC(=O)N1CCOCC1. The van der Waals surface area contributed by atoms with E-state index in [0.717, 1.165) is 0 Å². The Kier molecular flexibility index (Phi) is 5.57. The van der Waals surface area contributed by atoms with Crippen molar-refractivity contribution in [3.8, 4) is 0 Å². The Labute approximate surface area is 117 Å². The van der Waals surface area contributed by atoms with Crippen molar-refractivity contribution in [2.24, 2.45) is 5.73 Å². The van der Waals surface area contributed by atoms with E-state index >= 15 is 0 Å². The van der Waals surface area contributed by atoms with Crippen molar-refractivity contribution in [3.63, 3.8) is 0 Å². The molecule has 0 spiro atoms. The van der Waals surface area contributed by atoms with E-state index < -0.39 is 5.91 Å². The highest BCUT2D eigenvalue weighted by Crippen LogP contribution is 2.12. The van der Waals surface area contributed by atoms with Crippen molar-refractivity contribution < 1.29 is 23.8 Å². The lowest BCUT2D eigenvalue weighted by Crippen LogP contribution is -2.56. The first-order chi connectivity index (χ1) is 9.66. The molecule has 2 fully saturated rings. The predicted octanol–water partition coefficient (Wildman–Crippen LogP) is -1.31. The van der Waals surface area contributed by atoms with Gasteiger partial charge in [-0.25, -0.2) is 4.79 Å². The van der Waals surface area contributed by atoms with E-state index in [2.05, 4.69) is 5.32 Å². The van der Waals surface area contributed by atoms with E-state index in [1.165, 1.54) is 0 Å². The van der Waals surface area contributed by atoms with Gasteiger partial charge in [-0.05, 0) is 6.42 Å². The minimum absolute atomic E-state index is 0.144. The maximum Gasteiger partial charge on any atom is 0.317 e. The maximum atomic E-state index is 12.1. The summed E-state index contributed by atoms with van der Waals surface area (Å²) in [6, 6.07) is -0.421. The lowest BCUT2D eigenvalue weighted by atomic mass is 10.1. The minimum Gasteiger partial charge on any atom is -0.379 e. The van der Waals surface area contributed by atoms with E-state index in [9.17, 15) is 9.59 Å². The molecule has 2 atom stereocenters. The summed E-state index contributed by atoms with van der Waals surface area (Å²) in [5.74, 6) is -0.519. The van der Waals surface area contributed by atoms with Crippen LogP contribution in [0, 0.1) is 0 Å². The number of urea groups is 1. The summed E-state index contributed by atoms with van der Waals surface area (Å²) < 4.78 is 16.0. The van der Waals surface area contributed by atoms with Gasteiger partial charge in [-0.2, -0.15) is 0 Å². The van der Waals surface area contributed by atoms with Crippen LogP contribution in [0.5, 0.6) is 0 Å². The standard InChI is InChI=1S/C12H21N3O5/c13-11(16)8-20-10-1-4-19-7-9(10)14-12(17)15-2-5-18-6-3-15/h9-10H,1-8H2,(H2,13,16)(H,14,17)/t9-,10+/m1/s1. The van der Waals surface area contributed by atoms with Crippen LogP contribution in [0.25, 0.3) is 0 Å². The highest BCUT2D eigenvalue weighted by molar-refractivity contribution is 5.75. The maximum absolute atomic E-state index is 12.1. The molecule has 8 heteroatoms. The zero-order chi connectivity index (χ0) is 14.4. The van der Waals surface area contributed by atoms with Crippen LogP contribution in [0.4, 0.5) is 4.79 Å². The van der Waals surface area contributed by atoms with Crippen molar-refractivity contribution in [2.45, 2.75) is 18.6 Å². The summed E-state index contributed by atoms with van der Waals surface area (Å²) in [5, 5.41) is 2.89. The molecule has 0 aromatic heterocycles. The fourth-order valence-electron chi connectivity index (χ4n) is 2.26. The van der Waals surface area contributed by atoms with E-state index in [0.29, 0.717) is 45.9 Å². The van der Waals surface area contributed by atoms with Crippen molar-refractivity contribution >= 4 is 11.9 Å². The van der Waals surface area contributed by atoms with Crippen LogP contribution >= 0.6 is 0 Å². The van der Waals surface area contributed by atoms with Gasteiger partial charge in [0.25, 0.3) is 0 Å². The van der Waals surface area contributed by atoms with Gasteiger partial charge in [-0.1, -0.05) is 0 Å². The van der Waals surface area contributed by atoms with Crippen molar-refractivity contribution in [1.82, 2.24) is 10.2 Å². The van der Waals surface area contributed by atoms with Crippen LogP contribution in [0.3, 0.4) is 0 Å². The van der Waals surface area contributed by atoms with Gasteiger partial charge in [-0.3, -0.25) is 4.79 Å². The molecule has 0 aromatic rings. The van der Waals surface area contributed by atoms with Gasteiger partial charge in [0.15, 0.2) is 0 Å². The molecule has 0 radical (unpaired) electrons. The molecule has 114 valence electrons. The molecule has 0 aromatic carbocycles. The molecule has 2 heterocycles. The average Bonchev–Trinajstić information content (AvgIpc) is 2.47. The molecule has 0 aliphatic carbocycles. The van der Waals surface area contributed by atoms with Gasteiger partial charge in [0.2, 0.25) is 5.91 Å². The van der Waals surface area contributed by atoms with Gasteiger partial charge in [0.1, 0.15) is 6.61 Å². The number of amides is 3. The summed E-state index contributed by atoms with van der Waals surface area (Å²) in [6.07, 6.45) is 0.377. The molecule has 0 bridgehead atoms. The molecule has 0 unspecified atom stereocenters. The van der Waals surface area contributed by atoms with Gasteiger partial charge < -0.3 is 30.2 Å². The van der Waals surface area contributed by atoms with Crippen LogP contribution in [-0.2, 0) is 19.0 Å². The van der Waals surface area contributed by atoms with Crippen molar-refractivity contribution in [1.29, 1.82) is 0 Å². The number of hydrogen-bond donors (Lipinski definition) is 2. The van der Waals surface area contributed by atoms with E-state index in [1.54, 1.807) is 4.90 Å². The quantitative estimate of drug-likeness (QED) is 0.668. The molecule has 8 nitrogen and oxygen atoms in total. The predicted molar refractivity (Wildman–Crippen MR) is 69.1 cm³/mol. The fraction of sp³-hybridized carbons (Fsp3) is 0.833. The van der Waals surface area contributed by atoms with Crippen LogP contribution in [0.1, 0.15) is 6.42 Å². The Morgan fingerprint density at radius 1 is 1.25 bits per heavy atom. The molecule has 3 amide bonds. The Morgan fingerprint density at radius 2 is 2.00 bits per heavy atom. The van der Waals surface area contributed by atoms with Gasteiger partial charge in [-0.15, -0.1) is 0 Å². The molecule has 2 rings (SSSR count). The summed E-state index contributed by atoms with van der Waals surface area (Å²) in [4.78, 5) is 24.6. The lowest BCUT2D eigenvalue weighted by Gasteiger charge is -2.34. The first kappa shape index (κ1) is 15.0. The third kappa shape index (κ3) is 4.32. The Balaban J connectivity index is 1.83. The first-order valence-electron chi connectivity index (χ1n) is 6.77. The zero-order valence-corrected chi connectivity index (χ0v) is 11.4. The number of ether oxygens (including phenoxy) is 3. The number of carbonyl (C=O) groups excluding carboxylic acids is 2. The third-order valence-electron chi connectivity index (χ3n) is 3.34. The number of morpholine rings is 1. The minimum atomic E-state index is -0.519. The Bertz CT molecular complexity index is 346. The number of nitrogens with one attached hydrogen (secondary N) is 1. The summed E-state index contributed by atoms with van der Waals surface area (Å²) >= 11 is 0. The van der Waals surface area contributed by atoms with Crippen LogP contribution in [0.2, 0.25) is 0 Å². The number of primary amides is 1. The Morgan fingerprint density at radius 3 is 2.70 bits per heavy atom. The second-order valence-corrected chi connectivity index (χ2v) is 4.83. The highest BCUT2D eigenvalue weighted by atomic mass is 16.5. The molecule has 3 N–H and O–H groups in total. The van der Waals surface area contributed by atoms with Crippen LogP contribution in [0.15, 0.2) is 0 Å². The lowest BCUT2D eigenvalue weighted by molar-refractivity contribution is -0.128. The molecule has 2 aliphatic heterocycles. The number of nitrogens with two attached hydrogens (primary N) is 1. The van der Waals surface area contributed by atoms with E-state index in [4.69, 9.17) is 19.9 Å². The highest BCUT2D eigenvalue weighted by Gasteiger charge is 2.30. The summed E-state index contributed by atoms with van der Waals surface area (Å²) in [5.41, 5.74) is 5.07. The summed E-state index contributed by atoms with van der Waals surface area (Å²) in [7, 11) is 0. The smallest absolute Gasteiger partial charge is 0.317 e. The van der Waals surface area contributed by atoms with Gasteiger partial charge >= 0.3 is 6.03 Å². The number of carbonyl (C=O) groups is 2. The van der Waals surface area contributed by atoms with E-state index in [1.807, 2.05) is 0 Å². The molecule has 2 aliphatic rings. The molecular weight excluding hydrogens is 266 g/mol. The van der Waals surface area contributed by atoms with Crippen molar-refractivity contribution in [3.05, 3.63) is 0 Å². The number of nitrogens with zero attached hydrogens (tertiary/aromatic N) is 1. The monoisotopic (exact) mass is 287 g/mol. The average molecular weight is 287 g/mol. The first-order valence-corrected chi connectivity index (χ1v) is 6.77. The summed E-state index contributed by atoms with van der Waals surface area (Å²) in [6.45, 7) is 3.03. The largest absolute Gasteiger partial charge is 0.379 e. The van der Waals surface area contributed by atoms with E-state index in [-0.39, 0.29) is 24.8 Å².